The number of rotatable bonds is 5. The molecule has 0 aliphatic rings. The summed E-state index contributed by atoms with van der Waals surface area (Å²) in [4.78, 5) is 0.312. The van der Waals surface area contributed by atoms with Gasteiger partial charge in [-0.2, -0.15) is 0 Å². The fourth-order valence-electron chi connectivity index (χ4n) is 1.87. The van der Waals surface area contributed by atoms with E-state index in [9.17, 15) is 8.42 Å². The van der Waals surface area contributed by atoms with Crippen LogP contribution in [0.25, 0.3) is 0 Å². The SMILES string of the molecule is COc1ccc(N)c(NCc2ccc(S(C)(=O)=O)cc2)c1. The van der Waals surface area contributed by atoms with E-state index < -0.39 is 9.84 Å². The summed E-state index contributed by atoms with van der Waals surface area (Å²) in [5, 5.41) is 3.21. The summed E-state index contributed by atoms with van der Waals surface area (Å²) < 4.78 is 27.9. The molecule has 3 N–H and O–H groups in total. The van der Waals surface area contributed by atoms with Crippen molar-refractivity contribution in [3.8, 4) is 5.75 Å². The highest BCUT2D eigenvalue weighted by molar-refractivity contribution is 7.90. The summed E-state index contributed by atoms with van der Waals surface area (Å²) in [6, 6.07) is 12.1. The maximum atomic E-state index is 11.4. The Morgan fingerprint density at radius 3 is 2.38 bits per heavy atom. The molecule has 2 rings (SSSR count). The van der Waals surface area contributed by atoms with Crippen LogP contribution in [0.15, 0.2) is 47.4 Å². The van der Waals surface area contributed by atoms with E-state index in [1.54, 1.807) is 43.5 Å². The molecule has 0 spiro atoms. The molecule has 0 amide bonds. The van der Waals surface area contributed by atoms with E-state index in [4.69, 9.17) is 10.5 Å². The fourth-order valence-corrected chi connectivity index (χ4v) is 2.50. The van der Waals surface area contributed by atoms with Crippen LogP contribution in [-0.2, 0) is 16.4 Å². The van der Waals surface area contributed by atoms with Gasteiger partial charge in [0.25, 0.3) is 0 Å². The van der Waals surface area contributed by atoms with Crippen molar-refractivity contribution >= 4 is 21.2 Å². The first-order valence-corrected chi connectivity index (χ1v) is 8.25. The van der Waals surface area contributed by atoms with Crippen LogP contribution < -0.4 is 15.8 Å². The molecule has 2 aromatic rings. The molecule has 112 valence electrons. The maximum absolute atomic E-state index is 11.4. The van der Waals surface area contributed by atoms with Crippen LogP contribution >= 0.6 is 0 Å². The van der Waals surface area contributed by atoms with E-state index in [-0.39, 0.29) is 0 Å². The number of nitrogen functional groups attached to an aromatic ring is 1. The van der Waals surface area contributed by atoms with E-state index in [1.807, 2.05) is 6.07 Å². The highest BCUT2D eigenvalue weighted by Gasteiger charge is 2.06. The zero-order chi connectivity index (χ0) is 15.5. The zero-order valence-corrected chi connectivity index (χ0v) is 12.8. The Hall–Kier alpha value is -2.21. The summed E-state index contributed by atoms with van der Waals surface area (Å²) in [7, 11) is -1.56. The van der Waals surface area contributed by atoms with Gasteiger partial charge in [0.2, 0.25) is 0 Å². The molecule has 0 atom stereocenters. The normalized spacial score (nSPS) is 11.1. The van der Waals surface area contributed by atoms with Crippen molar-refractivity contribution in [1.82, 2.24) is 0 Å². The van der Waals surface area contributed by atoms with Crippen molar-refractivity contribution in [2.45, 2.75) is 11.4 Å². The monoisotopic (exact) mass is 306 g/mol. The van der Waals surface area contributed by atoms with Crippen molar-refractivity contribution in [2.24, 2.45) is 0 Å². The molecular weight excluding hydrogens is 288 g/mol. The smallest absolute Gasteiger partial charge is 0.175 e. The van der Waals surface area contributed by atoms with Gasteiger partial charge < -0.3 is 15.8 Å². The van der Waals surface area contributed by atoms with E-state index in [2.05, 4.69) is 5.32 Å². The Morgan fingerprint density at radius 1 is 1.14 bits per heavy atom. The Kier molecular flexibility index (Phi) is 4.37. The van der Waals surface area contributed by atoms with Gasteiger partial charge in [-0.15, -0.1) is 0 Å². The lowest BCUT2D eigenvalue weighted by molar-refractivity contribution is 0.415. The molecule has 0 saturated heterocycles. The average Bonchev–Trinajstić information content (AvgIpc) is 2.46. The number of hydrogen-bond acceptors (Lipinski definition) is 5. The highest BCUT2D eigenvalue weighted by atomic mass is 32.2. The molecule has 0 aliphatic carbocycles. The van der Waals surface area contributed by atoms with Crippen LogP contribution in [0.4, 0.5) is 11.4 Å². The number of anilines is 2. The first-order valence-electron chi connectivity index (χ1n) is 6.36. The molecule has 0 radical (unpaired) electrons. The Morgan fingerprint density at radius 2 is 1.81 bits per heavy atom. The molecule has 21 heavy (non-hydrogen) atoms. The summed E-state index contributed by atoms with van der Waals surface area (Å²) in [5.41, 5.74) is 8.26. The maximum Gasteiger partial charge on any atom is 0.175 e. The van der Waals surface area contributed by atoms with E-state index in [0.29, 0.717) is 17.1 Å². The molecule has 0 bridgehead atoms. The van der Waals surface area contributed by atoms with Crippen molar-refractivity contribution in [3.63, 3.8) is 0 Å². The third-order valence-corrected chi connectivity index (χ3v) is 4.22. The first-order chi connectivity index (χ1) is 9.90. The molecule has 2 aromatic carbocycles. The zero-order valence-electron chi connectivity index (χ0n) is 12.0. The van der Waals surface area contributed by atoms with Gasteiger partial charge in [-0.1, -0.05) is 12.1 Å². The molecular formula is C15H18N2O3S. The van der Waals surface area contributed by atoms with Crippen molar-refractivity contribution in [2.75, 3.05) is 24.4 Å². The van der Waals surface area contributed by atoms with Crippen LogP contribution in [0.2, 0.25) is 0 Å². The Balaban J connectivity index is 2.10. The summed E-state index contributed by atoms with van der Waals surface area (Å²) in [6.45, 7) is 0.543. The predicted molar refractivity (Wildman–Crippen MR) is 84.3 cm³/mol. The summed E-state index contributed by atoms with van der Waals surface area (Å²) in [6.07, 6.45) is 1.19. The van der Waals surface area contributed by atoms with Crippen molar-refractivity contribution in [3.05, 3.63) is 48.0 Å². The van der Waals surface area contributed by atoms with Crippen LogP contribution in [0.1, 0.15) is 5.56 Å². The molecule has 6 heteroatoms. The van der Waals surface area contributed by atoms with Gasteiger partial charge in [-0.3, -0.25) is 0 Å². The molecule has 0 aliphatic heterocycles. The van der Waals surface area contributed by atoms with Crippen LogP contribution in [-0.4, -0.2) is 21.8 Å². The lowest BCUT2D eigenvalue weighted by atomic mass is 10.2. The quantitative estimate of drug-likeness (QED) is 0.828. The number of nitrogens with one attached hydrogen (secondary N) is 1. The van der Waals surface area contributed by atoms with Crippen molar-refractivity contribution in [1.29, 1.82) is 0 Å². The number of hydrogen-bond donors (Lipinski definition) is 2. The van der Waals surface area contributed by atoms with Crippen LogP contribution in [0, 0.1) is 0 Å². The third-order valence-electron chi connectivity index (χ3n) is 3.09. The minimum atomic E-state index is -3.16. The standard InChI is InChI=1S/C15H18N2O3S/c1-20-12-5-8-14(16)15(9-12)17-10-11-3-6-13(7-4-11)21(2,18)19/h3-9,17H,10,16H2,1-2H3. The second kappa shape index (κ2) is 6.05. The predicted octanol–water partition coefficient (Wildman–Crippen LogP) is 2.29. The van der Waals surface area contributed by atoms with E-state index >= 15 is 0 Å². The largest absolute Gasteiger partial charge is 0.497 e. The van der Waals surface area contributed by atoms with Gasteiger partial charge >= 0.3 is 0 Å². The van der Waals surface area contributed by atoms with Crippen molar-refractivity contribution < 1.29 is 13.2 Å². The molecule has 0 saturated carbocycles. The lowest BCUT2D eigenvalue weighted by Crippen LogP contribution is -2.03. The van der Waals surface area contributed by atoms with Gasteiger partial charge in [-0.05, 0) is 29.8 Å². The highest BCUT2D eigenvalue weighted by Crippen LogP contribution is 2.25. The van der Waals surface area contributed by atoms with Gasteiger partial charge in [0.15, 0.2) is 9.84 Å². The van der Waals surface area contributed by atoms with Crippen LogP contribution in [0.3, 0.4) is 0 Å². The Labute approximate surface area is 124 Å². The summed E-state index contributed by atoms with van der Waals surface area (Å²) >= 11 is 0. The lowest BCUT2D eigenvalue weighted by Gasteiger charge is -2.11. The second-order valence-electron chi connectivity index (χ2n) is 4.72. The van der Waals surface area contributed by atoms with Gasteiger partial charge in [0.05, 0.1) is 23.4 Å². The first kappa shape index (κ1) is 15.2. The summed E-state index contributed by atoms with van der Waals surface area (Å²) in [5.74, 6) is 0.721. The van der Waals surface area contributed by atoms with E-state index in [1.165, 1.54) is 6.26 Å². The number of methoxy groups -OCH3 is 1. The minimum absolute atomic E-state index is 0.312. The number of ether oxygens (including phenoxy) is 1. The molecule has 0 aromatic heterocycles. The van der Waals surface area contributed by atoms with Gasteiger partial charge in [-0.25, -0.2) is 8.42 Å². The topological polar surface area (TPSA) is 81.4 Å². The average molecular weight is 306 g/mol. The molecule has 5 nitrogen and oxygen atoms in total. The minimum Gasteiger partial charge on any atom is -0.497 e. The Bertz CT molecular complexity index is 725. The van der Waals surface area contributed by atoms with Gasteiger partial charge in [0.1, 0.15) is 5.75 Å². The number of benzene rings is 2. The third kappa shape index (κ3) is 3.88. The molecule has 0 heterocycles. The second-order valence-corrected chi connectivity index (χ2v) is 6.74. The number of nitrogens with two attached hydrogens (primary N) is 1. The van der Waals surface area contributed by atoms with Gasteiger partial charge in [0, 0.05) is 18.9 Å². The van der Waals surface area contributed by atoms with E-state index in [0.717, 1.165) is 17.0 Å². The molecule has 0 unspecified atom stereocenters. The fraction of sp³-hybridized carbons (Fsp3) is 0.200. The van der Waals surface area contributed by atoms with Crippen LogP contribution in [0.5, 0.6) is 5.75 Å². The molecule has 0 fully saturated rings. The number of sulfone groups is 1.